The summed E-state index contributed by atoms with van der Waals surface area (Å²) in [6.07, 6.45) is 4.05. The molecular formula is C29H29N5O3S. The van der Waals surface area contributed by atoms with Crippen molar-refractivity contribution in [2.24, 2.45) is 0 Å². The zero-order valence-corrected chi connectivity index (χ0v) is 22.0. The van der Waals surface area contributed by atoms with Gasteiger partial charge in [-0.2, -0.15) is 0 Å². The van der Waals surface area contributed by atoms with E-state index in [2.05, 4.69) is 31.2 Å². The molecule has 1 saturated heterocycles. The predicted molar refractivity (Wildman–Crippen MR) is 151 cm³/mol. The molecule has 0 bridgehead atoms. The van der Waals surface area contributed by atoms with Gasteiger partial charge in [-0.15, -0.1) is 0 Å². The fourth-order valence-corrected chi connectivity index (χ4v) is 5.10. The van der Waals surface area contributed by atoms with Gasteiger partial charge in [-0.25, -0.2) is 0 Å². The van der Waals surface area contributed by atoms with Crippen LogP contribution in [0.4, 0.5) is 5.69 Å². The molecule has 2 unspecified atom stereocenters. The molecule has 2 aromatic carbocycles. The van der Waals surface area contributed by atoms with Crippen LogP contribution in [0.1, 0.15) is 29.9 Å². The van der Waals surface area contributed by atoms with Gasteiger partial charge in [0.1, 0.15) is 11.5 Å². The molecule has 0 saturated carbocycles. The van der Waals surface area contributed by atoms with E-state index in [1.54, 1.807) is 20.4 Å². The van der Waals surface area contributed by atoms with Crippen molar-refractivity contribution in [2.75, 3.05) is 26.1 Å². The maximum absolute atomic E-state index is 13.0. The van der Waals surface area contributed by atoms with Gasteiger partial charge in [0, 0.05) is 36.7 Å². The van der Waals surface area contributed by atoms with E-state index < -0.39 is 0 Å². The van der Waals surface area contributed by atoms with Crippen molar-refractivity contribution in [1.29, 1.82) is 0 Å². The maximum Gasteiger partial charge on any atom is 0.226 e. The third-order valence-corrected chi connectivity index (χ3v) is 6.94. The lowest BCUT2D eigenvalue weighted by molar-refractivity contribution is -0.116. The third-order valence-electron chi connectivity index (χ3n) is 6.59. The highest BCUT2D eigenvalue weighted by atomic mass is 32.1. The van der Waals surface area contributed by atoms with Crippen LogP contribution in [0.5, 0.6) is 11.5 Å². The number of para-hydroxylation sites is 2. The number of nitrogens with zero attached hydrogens (tertiary/aromatic N) is 3. The number of carbonyl (C=O) groups excluding carboxylic acids is 1. The molecule has 38 heavy (non-hydrogen) atoms. The number of anilines is 1. The Balaban J connectivity index is 1.43. The average Bonchev–Trinajstić information content (AvgIpc) is 3.57. The summed E-state index contributed by atoms with van der Waals surface area (Å²) in [5, 5.41) is 7.00. The molecule has 3 heterocycles. The molecule has 0 spiro atoms. The number of rotatable bonds is 9. The highest BCUT2D eigenvalue weighted by Gasteiger charge is 2.41. The summed E-state index contributed by atoms with van der Waals surface area (Å²) in [4.78, 5) is 19.6. The first kappa shape index (κ1) is 25.3. The Bertz CT molecular complexity index is 1410. The lowest BCUT2D eigenvalue weighted by Crippen LogP contribution is -2.33. The van der Waals surface area contributed by atoms with Crippen molar-refractivity contribution in [2.45, 2.75) is 18.5 Å². The molecule has 1 fully saturated rings. The van der Waals surface area contributed by atoms with Gasteiger partial charge in [-0.3, -0.25) is 9.78 Å². The normalized spacial score (nSPS) is 16.7. The van der Waals surface area contributed by atoms with Gasteiger partial charge in [-0.1, -0.05) is 18.2 Å². The van der Waals surface area contributed by atoms with E-state index in [0.717, 1.165) is 22.8 Å². The number of hydrogen-bond donors (Lipinski definition) is 2. The molecule has 2 N–H and O–H groups in total. The first-order chi connectivity index (χ1) is 18.6. The number of hydrogen-bond acceptors (Lipinski definition) is 5. The predicted octanol–water partition coefficient (Wildman–Crippen LogP) is 4.89. The number of pyridine rings is 1. The second-order valence-corrected chi connectivity index (χ2v) is 9.21. The Kier molecular flexibility index (Phi) is 7.55. The largest absolute Gasteiger partial charge is 0.497 e. The number of amides is 1. The number of methoxy groups -OCH3 is 2. The molecule has 194 valence electrons. The van der Waals surface area contributed by atoms with Crippen LogP contribution in [0.25, 0.3) is 5.69 Å². The first-order valence-electron chi connectivity index (χ1n) is 12.3. The minimum atomic E-state index is -0.187. The second-order valence-electron chi connectivity index (χ2n) is 8.82. The Hall–Kier alpha value is -4.37. The lowest BCUT2D eigenvalue weighted by atomic mass is 10.0. The number of ether oxygens (including phenoxy) is 2. The summed E-state index contributed by atoms with van der Waals surface area (Å²) in [5.74, 6) is 1.28. The van der Waals surface area contributed by atoms with Gasteiger partial charge in [-0.05, 0) is 72.9 Å². The summed E-state index contributed by atoms with van der Waals surface area (Å²) >= 11 is 5.79. The molecule has 2 atom stereocenters. The summed E-state index contributed by atoms with van der Waals surface area (Å²) in [6.45, 7) is 0.425. The van der Waals surface area contributed by atoms with Crippen LogP contribution in [-0.4, -0.2) is 46.2 Å². The van der Waals surface area contributed by atoms with Crippen LogP contribution in [0.3, 0.4) is 0 Å². The van der Waals surface area contributed by atoms with E-state index in [1.165, 1.54) is 0 Å². The Morgan fingerprint density at radius 2 is 1.79 bits per heavy atom. The molecule has 1 aliphatic heterocycles. The van der Waals surface area contributed by atoms with Crippen molar-refractivity contribution in [1.82, 2.24) is 19.8 Å². The third kappa shape index (κ3) is 5.19. The summed E-state index contributed by atoms with van der Waals surface area (Å²) < 4.78 is 12.8. The van der Waals surface area contributed by atoms with Crippen LogP contribution >= 0.6 is 12.2 Å². The standard InChI is InChI=1S/C29H29N5O3S/c1-36-21-14-12-20(13-15-21)33-18-7-10-24(33)28-27(23-9-5-6-17-30-23)32-29(38)34(28)19-16-26(35)31-22-8-3-4-11-25(22)37-2/h3-15,17-18,27-28H,16,19H2,1-2H3,(H,31,35)(H,32,38). The zero-order valence-electron chi connectivity index (χ0n) is 21.2. The van der Waals surface area contributed by atoms with Gasteiger partial charge in [0.15, 0.2) is 5.11 Å². The number of benzene rings is 2. The van der Waals surface area contributed by atoms with E-state index in [-0.39, 0.29) is 24.4 Å². The summed E-state index contributed by atoms with van der Waals surface area (Å²) in [7, 11) is 3.24. The van der Waals surface area contributed by atoms with Crippen LogP contribution in [0, 0.1) is 0 Å². The molecule has 4 aromatic rings. The number of carbonyl (C=O) groups is 1. The van der Waals surface area contributed by atoms with Crippen molar-refractivity contribution in [3.8, 4) is 17.2 Å². The fraction of sp³-hybridized carbons (Fsp3) is 0.207. The van der Waals surface area contributed by atoms with Crippen LogP contribution in [-0.2, 0) is 4.79 Å². The van der Waals surface area contributed by atoms with Crippen LogP contribution in [0.15, 0.2) is 91.3 Å². The topological polar surface area (TPSA) is 80.7 Å². The van der Waals surface area contributed by atoms with Crippen molar-refractivity contribution < 1.29 is 14.3 Å². The smallest absolute Gasteiger partial charge is 0.226 e. The molecule has 9 heteroatoms. The monoisotopic (exact) mass is 527 g/mol. The van der Waals surface area contributed by atoms with Gasteiger partial charge >= 0.3 is 0 Å². The summed E-state index contributed by atoms with van der Waals surface area (Å²) in [6, 6.07) is 24.9. The average molecular weight is 528 g/mol. The molecule has 8 nitrogen and oxygen atoms in total. The molecular weight excluding hydrogens is 498 g/mol. The van der Waals surface area contributed by atoms with Crippen LogP contribution < -0.4 is 20.1 Å². The minimum Gasteiger partial charge on any atom is -0.497 e. The van der Waals surface area contributed by atoms with Gasteiger partial charge in [0.2, 0.25) is 5.91 Å². The Morgan fingerprint density at radius 3 is 2.53 bits per heavy atom. The van der Waals surface area contributed by atoms with Gasteiger partial charge in [0.25, 0.3) is 0 Å². The van der Waals surface area contributed by atoms with Crippen molar-refractivity contribution >= 4 is 28.9 Å². The number of aromatic nitrogens is 2. The Morgan fingerprint density at radius 1 is 1.00 bits per heavy atom. The van der Waals surface area contributed by atoms with E-state index in [9.17, 15) is 4.79 Å². The number of thiocarbonyl (C=S) groups is 1. The summed E-state index contributed by atoms with van der Waals surface area (Å²) in [5.41, 5.74) is 3.54. The van der Waals surface area contributed by atoms with E-state index in [1.807, 2.05) is 79.0 Å². The van der Waals surface area contributed by atoms with Crippen molar-refractivity contribution in [3.63, 3.8) is 0 Å². The van der Waals surface area contributed by atoms with E-state index in [0.29, 0.717) is 23.1 Å². The van der Waals surface area contributed by atoms with E-state index >= 15 is 0 Å². The highest BCUT2D eigenvalue weighted by Crippen LogP contribution is 2.39. The number of nitrogens with one attached hydrogen (secondary N) is 2. The van der Waals surface area contributed by atoms with Crippen molar-refractivity contribution in [3.05, 3.63) is 103 Å². The highest BCUT2D eigenvalue weighted by molar-refractivity contribution is 7.80. The van der Waals surface area contributed by atoms with Gasteiger partial charge in [0.05, 0.1) is 37.7 Å². The lowest BCUT2D eigenvalue weighted by Gasteiger charge is -2.29. The molecule has 0 aliphatic carbocycles. The SMILES string of the molecule is COc1ccc(-n2cccc2C2C(c3ccccn3)NC(=S)N2CCC(=O)Nc2ccccc2OC)cc1. The minimum absolute atomic E-state index is 0.122. The Labute approximate surface area is 227 Å². The van der Waals surface area contributed by atoms with E-state index in [4.69, 9.17) is 21.7 Å². The fourth-order valence-electron chi connectivity index (χ4n) is 4.76. The zero-order chi connectivity index (χ0) is 26.5. The molecule has 2 aromatic heterocycles. The quantitative estimate of drug-likeness (QED) is 0.300. The molecule has 5 rings (SSSR count). The second kappa shape index (κ2) is 11.4. The molecule has 0 radical (unpaired) electrons. The molecule has 1 aliphatic rings. The van der Waals surface area contributed by atoms with Crippen LogP contribution in [0.2, 0.25) is 0 Å². The molecule has 1 amide bonds. The van der Waals surface area contributed by atoms with Gasteiger partial charge < -0.3 is 29.6 Å². The first-order valence-corrected chi connectivity index (χ1v) is 12.7. The maximum atomic E-state index is 13.0.